The maximum atomic E-state index is 11.4. The van der Waals surface area contributed by atoms with E-state index in [1.807, 2.05) is 12.1 Å². The van der Waals surface area contributed by atoms with Gasteiger partial charge >= 0.3 is 5.97 Å². The van der Waals surface area contributed by atoms with Gasteiger partial charge in [-0.15, -0.1) is 0 Å². The van der Waals surface area contributed by atoms with Crippen molar-refractivity contribution < 1.29 is 9.53 Å². The molecule has 1 aromatic carbocycles. The molecule has 0 radical (unpaired) electrons. The van der Waals surface area contributed by atoms with E-state index in [1.165, 1.54) is 18.4 Å². The highest BCUT2D eigenvalue weighted by Crippen LogP contribution is 2.30. The van der Waals surface area contributed by atoms with Gasteiger partial charge < -0.3 is 15.4 Å². The normalized spacial score (nSPS) is 16.0. The molecule has 0 bridgehead atoms. The molecule has 0 saturated carbocycles. The van der Waals surface area contributed by atoms with Crippen LogP contribution in [0.15, 0.2) is 18.2 Å². The average molecular weight is 248 g/mol. The SMILES string of the molecule is COC(=O)CC(C)N1CCCc2cc(N)ccc21. The van der Waals surface area contributed by atoms with Gasteiger partial charge in [0.1, 0.15) is 0 Å². The molecule has 2 N–H and O–H groups in total. The number of carbonyl (C=O) groups excluding carboxylic acids is 1. The number of nitrogens with zero attached hydrogens (tertiary/aromatic N) is 1. The summed E-state index contributed by atoms with van der Waals surface area (Å²) < 4.78 is 4.73. The first-order valence-corrected chi connectivity index (χ1v) is 6.33. The minimum atomic E-state index is -0.162. The van der Waals surface area contributed by atoms with Gasteiger partial charge in [0.15, 0.2) is 0 Å². The Bertz CT molecular complexity index is 445. The van der Waals surface area contributed by atoms with Crippen molar-refractivity contribution in [2.45, 2.75) is 32.2 Å². The zero-order chi connectivity index (χ0) is 13.1. The van der Waals surface area contributed by atoms with Gasteiger partial charge in [0.25, 0.3) is 0 Å². The first-order valence-electron chi connectivity index (χ1n) is 6.33. The maximum Gasteiger partial charge on any atom is 0.307 e. The van der Waals surface area contributed by atoms with Crippen molar-refractivity contribution in [2.24, 2.45) is 0 Å². The molecule has 2 rings (SSSR count). The quantitative estimate of drug-likeness (QED) is 0.656. The van der Waals surface area contributed by atoms with E-state index in [1.54, 1.807) is 0 Å². The van der Waals surface area contributed by atoms with Crippen molar-refractivity contribution in [1.29, 1.82) is 0 Å². The highest BCUT2D eigenvalue weighted by Gasteiger charge is 2.23. The lowest BCUT2D eigenvalue weighted by Gasteiger charge is -2.36. The molecule has 1 aromatic rings. The number of hydrogen-bond donors (Lipinski definition) is 1. The summed E-state index contributed by atoms with van der Waals surface area (Å²) in [4.78, 5) is 13.6. The van der Waals surface area contributed by atoms with Crippen LogP contribution in [0, 0.1) is 0 Å². The number of nitrogens with two attached hydrogens (primary N) is 1. The topological polar surface area (TPSA) is 55.6 Å². The Balaban J connectivity index is 2.19. The highest BCUT2D eigenvalue weighted by molar-refractivity contribution is 5.71. The van der Waals surface area contributed by atoms with Crippen LogP contribution >= 0.6 is 0 Å². The summed E-state index contributed by atoms with van der Waals surface area (Å²) in [6.45, 7) is 3.04. The van der Waals surface area contributed by atoms with Crippen LogP contribution in [0.25, 0.3) is 0 Å². The van der Waals surface area contributed by atoms with Crippen LogP contribution in [0.3, 0.4) is 0 Å². The van der Waals surface area contributed by atoms with Gasteiger partial charge in [0, 0.05) is 24.0 Å². The molecule has 1 heterocycles. The van der Waals surface area contributed by atoms with Crippen LogP contribution in [0.5, 0.6) is 0 Å². The molecular formula is C14H20N2O2. The lowest BCUT2D eigenvalue weighted by molar-refractivity contribution is -0.140. The van der Waals surface area contributed by atoms with Gasteiger partial charge in [-0.3, -0.25) is 4.79 Å². The van der Waals surface area contributed by atoms with E-state index in [0.717, 1.165) is 25.1 Å². The summed E-state index contributed by atoms with van der Waals surface area (Å²) in [6.07, 6.45) is 2.57. The molecular weight excluding hydrogens is 228 g/mol. The Hall–Kier alpha value is -1.71. The molecule has 0 saturated heterocycles. The number of esters is 1. The molecule has 1 atom stereocenters. The number of benzene rings is 1. The Kier molecular flexibility index (Phi) is 3.75. The minimum Gasteiger partial charge on any atom is -0.469 e. The number of aryl methyl sites for hydroxylation is 1. The Labute approximate surface area is 108 Å². The number of carbonyl (C=O) groups is 1. The molecule has 0 fully saturated rings. The number of fused-ring (bicyclic) bond motifs is 1. The number of nitrogen functional groups attached to an aromatic ring is 1. The van der Waals surface area contributed by atoms with Crippen LogP contribution in [-0.4, -0.2) is 25.7 Å². The third kappa shape index (κ3) is 2.58. The fourth-order valence-corrected chi connectivity index (χ4v) is 2.54. The van der Waals surface area contributed by atoms with Gasteiger partial charge in [-0.2, -0.15) is 0 Å². The Morgan fingerprint density at radius 2 is 2.33 bits per heavy atom. The standard InChI is InChI=1S/C14H20N2O2/c1-10(8-14(17)18-2)16-7-3-4-11-9-12(15)5-6-13(11)16/h5-6,9-10H,3-4,7-8,15H2,1-2H3. The summed E-state index contributed by atoms with van der Waals surface area (Å²) in [7, 11) is 1.43. The summed E-state index contributed by atoms with van der Waals surface area (Å²) in [5.74, 6) is -0.162. The molecule has 98 valence electrons. The number of rotatable bonds is 3. The molecule has 4 nitrogen and oxygen atoms in total. The van der Waals surface area contributed by atoms with Crippen LogP contribution in [0.4, 0.5) is 11.4 Å². The molecule has 18 heavy (non-hydrogen) atoms. The van der Waals surface area contributed by atoms with Crippen LogP contribution in [0.2, 0.25) is 0 Å². The van der Waals surface area contributed by atoms with Crippen LogP contribution in [-0.2, 0) is 16.0 Å². The summed E-state index contributed by atoms with van der Waals surface area (Å²) >= 11 is 0. The Morgan fingerprint density at radius 1 is 1.56 bits per heavy atom. The monoisotopic (exact) mass is 248 g/mol. The first-order chi connectivity index (χ1) is 8.61. The second-order valence-corrected chi connectivity index (χ2v) is 4.81. The van der Waals surface area contributed by atoms with Crippen molar-refractivity contribution in [3.8, 4) is 0 Å². The van der Waals surface area contributed by atoms with Crippen LogP contribution in [0.1, 0.15) is 25.3 Å². The van der Waals surface area contributed by atoms with Crippen LogP contribution < -0.4 is 10.6 Å². The van der Waals surface area contributed by atoms with Crippen molar-refractivity contribution in [1.82, 2.24) is 0 Å². The molecule has 4 heteroatoms. The fourth-order valence-electron chi connectivity index (χ4n) is 2.54. The minimum absolute atomic E-state index is 0.153. The maximum absolute atomic E-state index is 11.4. The van der Waals surface area contributed by atoms with E-state index in [0.29, 0.717) is 6.42 Å². The van der Waals surface area contributed by atoms with Crippen molar-refractivity contribution >= 4 is 17.3 Å². The highest BCUT2D eigenvalue weighted by atomic mass is 16.5. The second kappa shape index (κ2) is 5.29. The first kappa shape index (κ1) is 12.7. The average Bonchev–Trinajstić information content (AvgIpc) is 2.37. The fraction of sp³-hybridized carbons (Fsp3) is 0.500. The third-order valence-electron chi connectivity index (χ3n) is 3.48. The van der Waals surface area contributed by atoms with E-state index in [-0.39, 0.29) is 12.0 Å². The smallest absolute Gasteiger partial charge is 0.307 e. The zero-order valence-electron chi connectivity index (χ0n) is 11.0. The predicted molar refractivity (Wildman–Crippen MR) is 72.6 cm³/mol. The Morgan fingerprint density at radius 3 is 3.06 bits per heavy atom. The third-order valence-corrected chi connectivity index (χ3v) is 3.48. The number of hydrogen-bond acceptors (Lipinski definition) is 4. The van der Waals surface area contributed by atoms with E-state index in [9.17, 15) is 4.79 Å². The molecule has 0 aromatic heterocycles. The summed E-state index contributed by atoms with van der Waals surface area (Å²) in [5, 5.41) is 0. The molecule has 0 aliphatic carbocycles. The zero-order valence-corrected chi connectivity index (χ0v) is 11.0. The lowest BCUT2D eigenvalue weighted by Crippen LogP contribution is -2.38. The van der Waals surface area contributed by atoms with Gasteiger partial charge in [-0.05, 0) is 43.5 Å². The van der Waals surface area contributed by atoms with Gasteiger partial charge in [-0.1, -0.05) is 0 Å². The van der Waals surface area contributed by atoms with Gasteiger partial charge in [0.2, 0.25) is 0 Å². The van der Waals surface area contributed by atoms with Crippen molar-refractivity contribution in [3.05, 3.63) is 23.8 Å². The number of anilines is 2. The van der Waals surface area contributed by atoms with E-state index >= 15 is 0 Å². The van der Waals surface area contributed by atoms with E-state index in [4.69, 9.17) is 10.5 Å². The van der Waals surface area contributed by atoms with Crippen molar-refractivity contribution in [3.63, 3.8) is 0 Å². The van der Waals surface area contributed by atoms with Gasteiger partial charge in [-0.25, -0.2) is 0 Å². The summed E-state index contributed by atoms with van der Waals surface area (Å²) in [5.41, 5.74) is 9.09. The summed E-state index contributed by atoms with van der Waals surface area (Å²) in [6, 6.07) is 6.16. The lowest BCUT2D eigenvalue weighted by atomic mass is 9.99. The molecule has 0 spiro atoms. The molecule has 1 unspecified atom stereocenters. The largest absolute Gasteiger partial charge is 0.469 e. The van der Waals surface area contributed by atoms with E-state index < -0.39 is 0 Å². The molecule has 1 aliphatic heterocycles. The number of ether oxygens (including phenoxy) is 1. The number of methoxy groups -OCH3 is 1. The predicted octanol–water partition coefficient (Wildman–Crippen LogP) is 1.97. The van der Waals surface area contributed by atoms with Crippen molar-refractivity contribution in [2.75, 3.05) is 24.3 Å². The molecule has 0 amide bonds. The molecule has 1 aliphatic rings. The second-order valence-electron chi connectivity index (χ2n) is 4.81. The van der Waals surface area contributed by atoms with Gasteiger partial charge in [0.05, 0.1) is 13.5 Å². The van der Waals surface area contributed by atoms with E-state index in [2.05, 4.69) is 17.9 Å².